The zero-order valence-corrected chi connectivity index (χ0v) is 20.2. The van der Waals surface area contributed by atoms with Gasteiger partial charge in [-0.05, 0) is 49.0 Å². The summed E-state index contributed by atoms with van der Waals surface area (Å²) in [5.41, 5.74) is 3.77. The van der Waals surface area contributed by atoms with E-state index in [2.05, 4.69) is 39.0 Å². The fourth-order valence-electron chi connectivity index (χ4n) is 4.62. The summed E-state index contributed by atoms with van der Waals surface area (Å²) in [4.78, 5) is 34.1. The van der Waals surface area contributed by atoms with E-state index in [1.165, 1.54) is 16.2 Å². The average molecular weight is 487 g/mol. The van der Waals surface area contributed by atoms with E-state index in [0.717, 1.165) is 30.8 Å². The molecule has 9 heteroatoms. The molecule has 1 aromatic heterocycles. The topological polar surface area (TPSA) is 110 Å². The first-order valence-electron chi connectivity index (χ1n) is 11.6. The van der Waals surface area contributed by atoms with Crippen LogP contribution in [0.3, 0.4) is 0 Å². The van der Waals surface area contributed by atoms with E-state index in [4.69, 9.17) is 5.26 Å². The number of benzene rings is 2. The Morgan fingerprint density at radius 3 is 2.80 bits per heavy atom. The van der Waals surface area contributed by atoms with Gasteiger partial charge >= 0.3 is 0 Å². The predicted octanol–water partition coefficient (Wildman–Crippen LogP) is 3.20. The van der Waals surface area contributed by atoms with Gasteiger partial charge in [-0.15, -0.1) is 11.3 Å². The van der Waals surface area contributed by atoms with Gasteiger partial charge in [0.25, 0.3) is 5.91 Å². The molecule has 3 aromatic rings. The molecule has 178 valence electrons. The molecule has 2 aromatic carbocycles. The van der Waals surface area contributed by atoms with Gasteiger partial charge in [-0.25, -0.2) is 4.98 Å². The highest BCUT2D eigenvalue weighted by molar-refractivity contribution is 7.15. The summed E-state index contributed by atoms with van der Waals surface area (Å²) in [6.07, 6.45) is 0.897. The number of likely N-dealkylation sites (N-methyl/N-ethyl adjacent to an activating group) is 1. The Hall–Kier alpha value is -3.58. The van der Waals surface area contributed by atoms with Crippen LogP contribution >= 0.6 is 11.3 Å². The lowest BCUT2D eigenvalue weighted by atomic mass is 9.87. The molecule has 0 aliphatic carbocycles. The molecule has 1 fully saturated rings. The summed E-state index contributed by atoms with van der Waals surface area (Å²) < 4.78 is 0. The highest BCUT2D eigenvalue weighted by atomic mass is 32.1. The maximum Gasteiger partial charge on any atom is 0.257 e. The first-order valence-corrected chi connectivity index (χ1v) is 12.4. The van der Waals surface area contributed by atoms with Gasteiger partial charge in [0, 0.05) is 54.6 Å². The van der Waals surface area contributed by atoms with Crippen molar-refractivity contribution >= 4 is 34.0 Å². The smallest absolute Gasteiger partial charge is 0.257 e. The van der Waals surface area contributed by atoms with Crippen LogP contribution in [0.2, 0.25) is 0 Å². The largest absolute Gasteiger partial charge is 0.326 e. The molecule has 0 bridgehead atoms. The lowest BCUT2D eigenvalue weighted by molar-refractivity contribution is -0.119. The van der Waals surface area contributed by atoms with Gasteiger partial charge in [0.2, 0.25) is 5.91 Å². The van der Waals surface area contributed by atoms with Crippen molar-refractivity contribution in [1.82, 2.24) is 15.2 Å². The number of rotatable bonds is 5. The number of thiazole rings is 1. The summed E-state index contributed by atoms with van der Waals surface area (Å²) >= 11 is 1.53. The highest BCUT2D eigenvalue weighted by Gasteiger charge is 2.34. The van der Waals surface area contributed by atoms with Gasteiger partial charge in [-0.2, -0.15) is 5.26 Å². The number of aromatic nitrogens is 1. The second kappa shape index (κ2) is 9.96. The third kappa shape index (κ3) is 5.10. The Kier molecular flexibility index (Phi) is 6.59. The number of hydrogen-bond donors (Lipinski definition) is 3. The number of carbonyl (C=O) groups is 2. The third-order valence-corrected chi connectivity index (χ3v) is 7.55. The van der Waals surface area contributed by atoms with Crippen molar-refractivity contribution in [3.63, 3.8) is 0 Å². The number of hydrogen-bond acceptors (Lipinski definition) is 7. The zero-order valence-electron chi connectivity index (χ0n) is 19.4. The van der Waals surface area contributed by atoms with Gasteiger partial charge in [-0.3, -0.25) is 14.9 Å². The fourth-order valence-corrected chi connectivity index (χ4v) is 5.71. The number of anilines is 2. The summed E-state index contributed by atoms with van der Waals surface area (Å²) in [7, 11) is 2.09. The summed E-state index contributed by atoms with van der Waals surface area (Å²) in [6.45, 7) is 3.05. The van der Waals surface area contributed by atoms with Gasteiger partial charge in [0.1, 0.15) is 0 Å². The Morgan fingerprint density at radius 2 is 2.00 bits per heavy atom. The maximum atomic E-state index is 13.0. The van der Waals surface area contributed by atoms with Crippen molar-refractivity contribution < 1.29 is 9.59 Å². The number of nitrogens with one attached hydrogen (secondary N) is 3. The van der Waals surface area contributed by atoms with Crippen molar-refractivity contribution in [2.24, 2.45) is 5.92 Å². The molecule has 3 heterocycles. The van der Waals surface area contributed by atoms with Gasteiger partial charge in [0.05, 0.1) is 23.2 Å². The van der Waals surface area contributed by atoms with E-state index in [-0.39, 0.29) is 23.7 Å². The fraction of sp³-hybridized carbons (Fsp3) is 0.308. The van der Waals surface area contributed by atoms with Crippen LogP contribution in [-0.2, 0) is 17.8 Å². The van der Waals surface area contributed by atoms with Crippen LogP contribution in [0.25, 0.3) is 0 Å². The molecule has 2 unspecified atom stereocenters. The lowest BCUT2D eigenvalue weighted by Gasteiger charge is -2.20. The van der Waals surface area contributed by atoms with Crippen molar-refractivity contribution in [3.8, 4) is 6.07 Å². The zero-order chi connectivity index (χ0) is 24.4. The molecule has 8 nitrogen and oxygen atoms in total. The van der Waals surface area contributed by atoms with Gasteiger partial charge in [0.15, 0.2) is 5.13 Å². The van der Waals surface area contributed by atoms with Crippen LogP contribution < -0.4 is 16.0 Å². The molecule has 2 atom stereocenters. The molecule has 0 spiro atoms. The minimum absolute atomic E-state index is 0.0520. The average Bonchev–Trinajstić information content (AvgIpc) is 3.51. The number of carbonyl (C=O) groups excluding carboxylic acids is 2. The molecule has 35 heavy (non-hydrogen) atoms. The van der Waals surface area contributed by atoms with Crippen LogP contribution in [-0.4, -0.2) is 48.4 Å². The standard InChI is InChI=1S/C26H26N6O2S/c1-32-10-9-22-23(15-32)35-26(30-22)31-24(33)18-4-2-3-17(11-18)20-13-28-14-21(20)25(34)29-19-7-5-16(12-27)6-8-19/h2-8,11,20-21,28H,9-10,13-15H2,1H3,(H,29,34)(H,30,31,33). The number of fused-ring (bicyclic) bond motifs is 1. The molecule has 5 rings (SSSR count). The van der Waals surface area contributed by atoms with E-state index < -0.39 is 0 Å². The summed E-state index contributed by atoms with van der Waals surface area (Å²) in [5.74, 6) is -0.607. The van der Waals surface area contributed by atoms with Crippen molar-refractivity contribution in [2.45, 2.75) is 18.9 Å². The molecule has 2 aliphatic heterocycles. The van der Waals surface area contributed by atoms with Gasteiger partial charge in [-0.1, -0.05) is 12.1 Å². The van der Waals surface area contributed by atoms with Crippen LogP contribution in [0.4, 0.5) is 10.8 Å². The first-order chi connectivity index (χ1) is 17.0. The monoisotopic (exact) mass is 486 g/mol. The third-order valence-electron chi connectivity index (χ3n) is 6.55. The Balaban J connectivity index is 1.28. The molecule has 0 saturated carbocycles. The minimum atomic E-state index is -0.272. The quantitative estimate of drug-likeness (QED) is 0.511. The number of nitrogens with zero attached hydrogens (tertiary/aromatic N) is 3. The number of amides is 2. The maximum absolute atomic E-state index is 13.0. The van der Waals surface area contributed by atoms with Crippen LogP contribution in [0.1, 0.15) is 38.0 Å². The highest BCUT2D eigenvalue weighted by Crippen LogP contribution is 2.31. The second-order valence-electron chi connectivity index (χ2n) is 9.01. The molecule has 0 radical (unpaired) electrons. The van der Waals surface area contributed by atoms with E-state index in [9.17, 15) is 9.59 Å². The predicted molar refractivity (Wildman–Crippen MR) is 135 cm³/mol. The van der Waals surface area contributed by atoms with Crippen molar-refractivity contribution in [2.75, 3.05) is 37.3 Å². The first kappa shape index (κ1) is 23.2. The molecule has 1 saturated heterocycles. The normalized spacial score (nSPS) is 19.5. The summed E-state index contributed by atoms with van der Waals surface area (Å²) in [6, 6.07) is 16.4. The SMILES string of the molecule is CN1CCc2nc(NC(=O)c3cccc(C4CNCC4C(=O)Nc4ccc(C#N)cc4)c3)sc2C1. The van der Waals surface area contributed by atoms with Gasteiger partial charge < -0.3 is 15.5 Å². The van der Waals surface area contributed by atoms with Crippen molar-refractivity contribution in [3.05, 3.63) is 75.8 Å². The molecular formula is C26H26N6O2S. The Morgan fingerprint density at radius 1 is 1.17 bits per heavy atom. The van der Waals surface area contributed by atoms with Crippen LogP contribution in [0.5, 0.6) is 0 Å². The molecule has 2 aliphatic rings. The Bertz CT molecular complexity index is 1300. The van der Waals surface area contributed by atoms with Crippen LogP contribution in [0, 0.1) is 17.2 Å². The molecular weight excluding hydrogens is 460 g/mol. The van der Waals surface area contributed by atoms with E-state index in [1.807, 2.05) is 18.2 Å². The van der Waals surface area contributed by atoms with E-state index >= 15 is 0 Å². The van der Waals surface area contributed by atoms with Crippen molar-refractivity contribution in [1.29, 1.82) is 5.26 Å². The second-order valence-corrected chi connectivity index (χ2v) is 10.1. The molecule has 2 amide bonds. The minimum Gasteiger partial charge on any atom is -0.326 e. The van der Waals surface area contributed by atoms with E-state index in [0.29, 0.717) is 35.0 Å². The Labute approximate surface area is 208 Å². The lowest BCUT2D eigenvalue weighted by Crippen LogP contribution is -2.28. The summed E-state index contributed by atoms with van der Waals surface area (Å²) in [5, 5.41) is 18.8. The van der Waals surface area contributed by atoms with Crippen LogP contribution in [0.15, 0.2) is 48.5 Å². The van der Waals surface area contributed by atoms with E-state index in [1.54, 1.807) is 30.3 Å². The molecule has 3 N–H and O–H groups in total. The number of nitriles is 1.